The highest BCUT2D eigenvalue weighted by Crippen LogP contribution is 2.57. The molecule has 2 aliphatic heterocycles. The highest BCUT2D eigenvalue weighted by molar-refractivity contribution is 5.98. The van der Waals surface area contributed by atoms with Crippen molar-refractivity contribution in [3.63, 3.8) is 0 Å². The van der Waals surface area contributed by atoms with Crippen LogP contribution >= 0.6 is 0 Å². The van der Waals surface area contributed by atoms with Gasteiger partial charge in [0.2, 0.25) is 0 Å². The van der Waals surface area contributed by atoms with E-state index in [-0.39, 0.29) is 11.3 Å². The summed E-state index contributed by atoms with van der Waals surface area (Å²) in [5.74, 6) is 0.148. The molecule has 0 aromatic rings. The van der Waals surface area contributed by atoms with Crippen LogP contribution in [0.3, 0.4) is 0 Å². The Hall–Kier alpha value is -1.97. The van der Waals surface area contributed by atoms with E-state index in [1.165, 1.54) is 16.8 Å². The van der Waals surface area contributed by atoms with E-state index in [4.69, 9.17) is 5.73 Å². The SMILES string of the molecule is CC1C2CC3=C(CCC4=C3C(C(N)=O)=CNC=CC41C)N2C. The smallest absolute Gasteiger partial charge is 0.250 e. The summed E-state index contributed by atoms with van der Waals surface area (Å²) in [6, 6.07) is 0.500. The van der Waals surface area contributed by atoms with E-state index in [2.05, 4.69) is 37.2 Å². The summed E-state index contributed by atoms with van der Waals surface area (Å²) < 4.78 is 0. The fourth-order valence-electron chi connectivity index (χ4n) is 4.92. The average molecular weight is 297 g/mol. The quantitative estimate of drug-likeness (QED) is 0.780. The van der Waals surface area contributed by atoms with Gasteiger partial charge in [-0.15, -0.1) is 0 Å². The number of carbonyl (C=O) groups excluding carboxylic acids is 1. The second-order valence-electron chi connectivity index (χ2n) is 7.15. The molecule has 2 aliphatic carbocycles. The van der Waals surface area contributed by atoms with E-state index in [1.807, 2.05) is 6.20 Å². The Labute approximate surface area is 131 Å². The molecule has 3 N–H and O–H groups in total. The molecule has 22 heavy (non-hydrogen) atoms. The molecular weight excluding hydrogens is 274 g/mol. The number of amides is 1. The van der Waals surface area contributed by atoms with Crippen LogP contribution in [-0.4, -0.2) is 23.9 Å². The first-order valence-electron chi connectivity index (χ1n) is 8.08. The minimum Gasteiger partial charge on any atom is -0.374 e. The van der Waals surface area contributed by atoms with Gasteiger partial charge in [0, 0.05) is 30.4 Å². The zero-order chi connectivity index (χ0) is 15.6. The number of nitrogens with zero attached hydrogens (tertiary/aromatic N) is 1. The number of hydrogen-bond acceptors (Lipinski definition) is 3. The monoisotopic (exact) mass is 297 g/mol. The Balaban J connectivity index is 2.07. The molecule has 5 bridgehead atoms. The molecule has 0 radical (unpaired) electrons. The van der Waals surface area contributed by atoms with Gasteiger partial charge >= 0.3 is 0 Å². The highest BCUT2D eigenvalue weighted by Gasteiger charge is 2.50. The van der Waals surface area contributed by atoms with Crippen molar-refractivity contribution in [2.75, 3.05) is 7.05 Å². The number of rotatable bonds is 1. The number of primary amides is 1. The van der Waals surface area contributed by atoms with Crippen LogP contribution in [0.25, 0.3) is 0 Å². The summed E-state index contributed by atoms with van der Waals surface area (Å²) in [6.07, 6.45) is 9.14. The van der Waals surface area contributed by atoms with Gasteiger partial charge in [0.05, 0.1) is 5.57 Å². The van der Waals surface area contributed by atoms with Crippen LogP contribution in [-0.2, 0) is 4.79 Å². The number of allylic oxidation sites excluding steroid dienone is 3. The van der Waals surface area contributed by atoms with Crippen LogP contribution in [0.2, 0.25) is 0 Å². The van der Waals surface area contributed by atoms with Crippen LogP contribution in [0.15, 0.2) is 46.5 Å². The second kappa shape index (κ2) is 4.28. The third kappa shape index (κ3) is 1.50. The lowest BCUT2D eigenvalue weighted by molar-refractivity contribution is -0.114. The normalized spacial score (nSPS) is 36.0. The van der Waals surface area contributed by atoms with Crippen molar-refractivity contribution < 1.29 is 4.79 Å². The summed E-state index contributed by atoms with van der Waals surface area (Å²) >= 11 is 0. The van der Waals surface area contributed by atoms with Crippen molar-refractivity contribution in [3.8, 4) is 0 Å². The van der Waals surface area contributed by atoms with Crippen molar-refractivity contribution in [2.24, 2.45) is 17.1 Å². The fourth-order valence-corrected chi connectivity index (χ4v) is 4.92. The second-order valence-corrected chi connectivity index (χ2v) is 7.15. The number of hydrogen-bond donors (Lipinski definition) is 2. The van der Waals surface area contributed by atoms with E-state index >= 15 is 0 Å². The topological polar surface area (TPSA) is 58.4 Å². The van der Waals surface area contributed by atoms with Crippen molar-refractivity contribution >= 4 is 5.91 Å². The van der Waals surface area contributed by atoms with Crippen molar-refractivity contribution in [1.29, 1.82) is 0 Å². The lowest BCUT2D eigenvalue weighted by Gasteiger charge is -2.46. The molecule has 4 aliphatic rings. The van der Waals surface area contributed by atoms with Crippen molar-refractivity contribution in [3.05, 3.63) is 46.5 Å². The van der Waals surface area contributed by atoms with E-state index in [9.17, 15) is 4.79 Å². The minimum atomic E-state index is -0.341. The Morgan fingerprint density at radius 3 is 2.95 bits per heavy atom. The molecule has 0 saturated carbocycles. The maximum absolute atomic E-state index is 12.1. The Morgan fingerprint density at radius 2 is 2.23 bits per heavy atom. The first kappa shape index (κ1) is 13.7. The summed E-state index contributed by atoms with van der Waals surface area (Å²) in [7, 11) is 2.21. The van der Waals surface area contributed by atoms with Crippen LogP contribution in [0.1, 0.15) is 33.1 Å². The predicted octanol–water partition coefficient (Wildman–Crippen LogP) is 2.18. The molecule has 1 amide bonds. The Morgan fingerprint density at radius 1 is 1.45 bits per heavy atom. The summed E-state index contributed by atoms with van der Waals surface area (Å²) in [6.45, 7) is 4.66. The number of nitrogens with two attached hydrogens (primary N) is 1. The van der Waals surface area contributed by atoms with Gasteiger partial charge in [0.25, 0.3) is 5.91 Å². The van der Waals surface area contributed by atoms with E-state index in [0.29, 0.717) is 17.5 Å². The molecule has 116 valence electrons. The van der Waals surface area contributed by atoms with Gasteiger partial charge in [-0.05, 0) is 42.5 Å². The number of likely N-dealkylation sites (tertiary alicyclic amines) is 1. The standard InChI is InChI=1S/C18H23N3O/c1-10-15-8-11-14(21(15)3)5-4-13-16(11)12(17(19)22)9-20-7-6-18(10,13)2/h6-7,9-10,15,20H,4-5,8H2,1-3H3,(H2,19,22). The number of fused-ring (bicyclic) bond motifs is 1. The molecule has 4 heteroatoms. The molecule has 0 aromatic carbocycles. The third-order valence-electron chi connectivity index (χ3n) is 6.36. The predicted molar refractivity (Wildman–Crippen MR) is 86.3 cm³/mol. The van der Waals surface area contributed by atoms with Crippen molar-refractivity contribution in [1.82, 2.24) is 10.2 Å². The summed E-state index contributed by atoms with van der Waals surface area (Å²) in [4.78, 5) is 14.5. The van der Waals surface area contributed by atoms with Gasteiger partial charge in [-0.2, -0.15) is 0 Å². The first-order valence-corrected chi connectivity index (χ1v) is 8.08. The van der Waals surface area contributed by atoms with Gasteiger partial charge in [0.15, 0.2) is 0 Å². The molecule has 4 nitrogen and oxygen atoms in total. The fraction of sp³-hybridized carbons (Fsp3) is 0.500. The highest BCUT2D eigenvalue weighted by atomic mass is 16.1. The molecule has 0 saturated heterocycles. The Bertz CT molecular complexity index is 697. The lowest BCUT2D eigenvalue weighted by Crippen LogP contribution is -2.43. The van der Waals surface area contributed by atoms with Gasteiger partial charge in [-0.25, -0.2) is 0 Å². The van der Waals surface area contributed by atoms with Crippen LogP contribution in [0.4, 0.5) is 0 Å². The maximum Gasteiger partial charge on any atom is 0.250 e. The van der Waals surface area contributed by atoms with Gasteiger partial charge < -0.3 is 16.0 Å². The molecule has 3 atom stereocenters. The van der Waals surface area contributed by atoms with Gasteiger partial charge in [-0.1, -0.05) is 25.5 Å². The van der Waals surface area contributed by atoms with E-state index in [0.717, 1.165) is 24.8 Å². The van der Waals surface area contributed by atoms with Gasteiger partial charge in [-0.3, -0.25) is 4.79 Å². The Kier molecular flexibility index (Phi) is 2.66. The van der Waals surface area contributed by atoms with E-state index < -0.39 is 0 Å². The molecule has 0 fully saturated rings. The van der Waals surface area contributed by atoms with Crippen LogP contribution < -0.4 is 11.1 Å². The van der Waals surface area contributed by atoms with Crippen molar-refractivity contribution in [2.45, 2.75) is 39.2 Å². The molecule has 0 spiro atoms. The molecular formula is C18H23N3O. The average Bonchev–Trinajstić information content (AvgIpc) is 2.77. The zero-order valence-electron chi connectivity index (χ0n) is 13.4. The summed E-state index contributed by atoms with van der Waals surface area (Å²) in [5.41, 5.74) is 11.6. The third-order valence-corrected chi connectivity index (χ3v) is 6.36. The first-order chi connectivity index (χ1) is 10.4. The number of nitrogens with one attached hydrogen (secondary N) is 1. The number of carbonyl (C=O) groups is 1. The van der Waals surface area contributed by atoms with E-state index in [1.54, 1.807) is 6.20 Å². The summed E-state index contributed by atoms with van der Waals surface area (Å²) in [5, 5.41) is 3.14. The molecule has 2 heterocycles. The molecule has 3 unspecified atom stereocenters. The van der Waals surface area contributed by atoms with Crippen LogP contribution in [0, 0.1) is 11.3 Å². The lowest BCUT2D eigenvalue weighted by atomic mass is 9.65. The molecule has 0 aromatic heterocycles. The van der Waals surface area contributed by atoms with Gasteiger partial charge in [0.1, 0.15) is 0 Å². The zero-order valence-corrected chi connectivity index (χ0v) is 13.4. The minimum absolute atomic E-state index is 0.0378. The van der Waals surface area contributed by atoms with Crippen LogP contribution in [0.5, 0.6) is 0 Å². The molecule has 4 rings (SSSR count). The largest absolute Gasteiger partial charge is 0.374 e. The maximum atomic E-state index is 12.1.